The zero-order valence-electron chi connectivity index (χ0n) is 7.57. The number of para-hydroxylation sites is 1. The van der Waals surface area contributed by atoms with E-state index in [2.05, 4.69) is 0 Å². The van der Waals surface area contributed by atoms with E-state index in [1.807, 2.05) is 6.07 Å². The molecule has 84 valence electrons. The molecule has 0 saturated carbocycles. The molecule has 0 spiro atoms. The standard InChI is InChI=1S/C6H6O.C2H4O5S/c7-6-4-2-1-3-5-6;3-2(4)1-8(5,6)7/h1-5,7H;1H2,(H,3,4)(H,5,6,7). The average Bonchev–Trinajstić information content (AvgIpc) is 2.01. The highest BCUT2D eigenvalue weighted by Gasteiger charge is 2.09. The van der Waals surface area contributed by atoms with Gasteiger partial charge in [0, 0.05) is 0 Å². The SMILES string of the molecule is O=C(O)CS(=O)(=O)O.Oc1ccccc1. The summed E-state index contributed by atoms with van der Waals surface area (Å²) in [5, 5.41) is 16.3. The van der Waals surface area contributed by atoms with Crippen LogP contribution in [0.2, 0.25) is 0 Å². The highest BCUT2D eigenvalue weighted by Crippen LogP contribution is 2.02. The van der Waals surface area contributed by atoms with Gasteiger partial charge in [0.1, 0.15) is 5.75 Å². The van der Waals surface area contributed by atoms with Gasteiger partial charge in [0.15, 0.2) is 5.75 Å². The van der Waals surface area contributed by atoms with Crippen LogP contribution in [0, 0.1) is 0 Å². The second-order valence-electron chi connectivity index (χ2n) is 2.46. The molecule has 0 heterocycles. The molecule has 0 radical (unpaired) electrons. The van der Waals surface area contributed by atoms with Gasteiger partial charge in [0.2, 0.25) is 0 Å². The number of phenols is 1. The van der Waals surface area contributed by atoms with Gasteiger partial charge < -0.3 is 10.2 Å². The molecule has 0 aliphatic heterocycles. The van der Waals surface area contributed by atoms with Crippen LogP contribution in [0.5, 0.6) is 5.75 Å². The van der Waals surface area contributed by atoms with Gasteiger partial charge in [-0.3, -0.25) is 9.35 Å². The molecule has 0 fully saturated rings. The molecule has 0 aliphatic rings. The third kappa shape index (κ3) is 10.3. The van der Waals surface area contributed by atoms with Crippen LogP contribution in [0.1, 0.15) is 0 Å². The first-order valence-corrected chi connectivity index (χ1v) is 5.33. The zero-order chi connectivity index (χ0) is 11.9. The first-order chi connectivity index (χ1) is 6.81. The first kappa shape index (κ1) is 13.4. The Morgan fingerprint density at radius 1 is 1.20 bits per heavy atom. The van der Waals surface area contributed by atoms with E-state index >= 15 is 0 Å². The molecule has 7 heteroatoms. The van der Waals surface area contributed by atoms with Crippen LogP contribution in [0.4, 0.5) is 0 Å². The molecule has 0 aliphatic carbocycles. The van der Waals surface area contributed by atoms with Crippen molar-refractivity contribution in [1.29, 1.82) is 0 Å². The third-order valence-corrected chi connectivity index (χ3v) is 1.67. The van der Waals surface area contributed by atoms with Crippen LogP contribution in [-0.4, -0.2) is 34.9 Å². The van der Waals surface area contributed by atoms with Crippen molar-refractivity contribution >= 4 is 16.1 Å². The molecule has 6 nitrogen and oxygen atoms in total. The van der Waals surface area contributed by atoms with Crippen molar-refractivity contribution in [2.24, 2.45) is 0 Å². The normalized spacial score (nSPS) is 9.93. The Morgan fingerprint density at radius 2 is 1.67 bits per heavy atom. The van der Waals surface area contributed by atoms with Gasteiger partial charge in [-0.25, -0.2) is 0 Å². The van der Waals surface area contributed by atoms with Crippen molar-refractivity contribution in [3.8, 4) is 5.75 Å². The number of hydrogen-bond acceptors (Lipinski definition) is 4. The van der Waals surface area contributed by atoms with Crippen molar-refractivity contribution in [3.05, 3.63) is 30.3 Å². The topological polar surface area (TPSA) is 112 Å². The summed E-state index contributed by atoms with van der Waals surface area (Å²) >= 11 is 0. The van der Waals surface area contributed by atoms with Gasteiger partial charge in [0.25, 0.3) is 10.1 Å². The van der Waals surface area contributed by atoms with Gasteiger partial charge >= 0.3 is 5.97 Å². The fraction of sp³-hybridized carbons (Fsp3) is 0.125. The molecule has 1 rings (SSSR count). The molecule has 15 heavy (non-hydrogen) atoms. The lowest BCUT2D eigenvalue weighted by atomic mass is 10.3. The molecular weight excluding hydrogens is 224 g/mol. The van der Waals surface area contributed by atoms with E-state index in [1.165, 1.54) is 0 Å². The van der Waals surface area contributed by atoms with Gasteiger partial charge in [-0.05, 0) is 12.1 Å². The lowest BCUT2D eigenvalue weighted by Gasteiger charge is -1.85. The highest BCUT2D eigenvalue weighted by atomic mass is 32.2. The number of carboxylic acid groups (broad SMARTS) is 1. The number of carboxylic acids is 1. The zero-order valence-corrected chi connectivity index (χ0v) is 8.38. The number of phenolic OH excluding ortho intramolecular Hbond substituents is 1. The molecular formula is C8H10O6S. The monoisotopic (exact) mass is 234 g/mol. The predicted molar refractivity (Wildman–Crippen MR) is 52.2 cm³/mol. The maximum Gasteiger partial charge on any atom is 0.321 e. The minimum Gasteiger partial charge on any atom is -0.508 e. The number of hydrogen-bond donors (Lipinski definition) is 3. The predicted octanol–water partition coefficient (Wildman–Crippen LogP) is 0.351. The Hall–Kier alpha value is -1.60. The summed E-state index contributed by atoms with van der Waals surface area (Å²) in [6.07, 6.45) is 0. The largest absolute Gasteiger partial charge is 0.508 e. The maximum absolute atomic E-state index is 9.62. The van der Waals surface area contributed by atoms with Gasteiger partial charge in [-0.2, -0.15) is 8.42 Å². The summed E-state index contributed by atoms with van der Waals surface area (Å²) in [5.41, 5.74) is 0. The van der Waals surface area contributed by atoms with E-state index in [-0.39, 0.29) is 0 Å². The highest BCUT2D eigenvalue weighted by molar-refractivity contribution is 7.86. The fourth-order valence-corrected chi connectivity index (χ4v) is 0.896. The summed E-state index contributed by atoms with van der Waals surface area (Å²) in [6.45, 7) is 0. The number of benzene rings is 1. The number of rotatable bonds is 2. The average molecular weight is 234 g/mol. The Labute approximate surface area is 86.5 Å². The van der Waals surface area contributed by atoms with Crippen molar-refractivity contribution in [1.82, 2.24) is 0 Å². The summed E-state index contributed by atoms with van der Waals surface area (Å²) < 4.78 is 27.0. The summed E-state index contributed by atoms with van der Waals surface area (Å²) in [4.78, 5) is 9.48. The van der Waals surface area contributed by atoms with Crippen molar-refractivity contribution < 1.29 is 28.0 Å². The van der Waals surface area contributed by atoms with E-state index in [1.54, 1.807) is 24.3 Å². The lowest BCUT2D eigenvalue weighted by Crippen LogP contribution is -2.13. The van der Waals surface area contributed by atoms with Crippen LogP contribution in [0.15, 0.2) is 30.3 Å². The molecule has 0 saturated heterocycles. The number of aliphatic carboxylic acids is 1. The van der Waals surface area contributed by atoms with E-state index < -0.39 is 21.8 Å². The van der Waals surface area contributed by atoms with Gasteiger partial charge in [-0.1, -0.05) is 18.2 Å². The van der Waals surface area contributed by atoms with E-state index in [4.69, 9.17) is 14.8 Å². The summed E-state index contributed by atoms with van der Waals surface area (Å²) in [7, 11) is -4.32. The quantitative estimate of drug-likeness (QED) is 0.636. The molecule has 0 aromatic heterocycles. The number of aromatic hydroxyl groups is 1. The fourth-order valence-electron chi connectivity index (χ4n) is 0.584. The Balaban J connectivity index is 0.000000262. The van der Waals surface area contributed by atoms with Crippen LogP contribution in [0.25, 0.3) is 0 Å². The second-order valence-corrected chi connectivity index (χ2v) is 3.91. The molecule has 1 aromatic carbocycles. The Bertz CT molecular complexity index is 396. The molecule has 0 unspecified atom stereocenters. The summed E-state index contributed by atoms with van der Waals surface area (Å²) in [5.74, 6) is -2.47. The van der Waals surface area contributed by atoms with Crippen LogP contribution >= 0.6 is 0 Å². The Morgan fingerprint density at radius 3 is 1.80 bits per heavy atom. The molecule has 0 amide bonds. The number of carbonyl (C=O) groups is 1. The molecule has 0 bridgehead atoms. The van der Waals surface area contributed by atoms with Crippen LogP contribution in [-0.2, 0) is 14.9 Å². The van der Waals surface area contributed by atoms with Crippen LogP contribution < -0.4 is 0 Å². The minimum absolute atomic E-state index is 0.322. The molecule has 1 aromatic rings. The Kier molecular flexibility index (Phi) is 5.35. The van der Waals surface area contributed by atoms with Gasteiger partial charge in [-0.15, -0.1) is 0 Å². The third-order valence-electron chi connectivity index (χ3n) is 1.06. The molecule has 0 atom stereocenters. The molecule has 3 N–H and O–H groups in total. The van der Waals surface area contributed by atoms with Crippen molar-refractivity contribution in [2.75, 3.05) is 5.75 Å². The van der Waals surface area contributed by atoms with E-state index in [9.17, 15) is 13.2 Å². The van der Waals surface area contributed by atoms with Crippen molar-refractivity contribution in [2.45, 2.75) is 0 Å². The van der Waals surface area contributed by atoms with Crippen molar-refractivity contribution in [3.63, 3.8) is 0 Å². The summed E-state index contributed by atoms with van der Waals surface area (Å²) in [6, 6.07) is 8.71. The maximum atomic E-state index is 9.62. The minimum atomic E-state index is -4.32. The van der Waals surface area contributed by atoms with Crippen LogP contribution in [0.3, 0.4) is 0 Å². The second kappa shape index (κ2) is 5.99. The first-order valence-electron chi connectivity index (χ1n) is 3.72. The van der Waals surface area contributed by atoms with E-state index in [0.29, 0.717) is 5.75 Å². The van der Waals surface area contributed by atoms with Gasteiger partial charge in [0.05, 0.1) is 0 Å². The smallest absolute Gasteiger partial charge is 0.321 e. The van der Waals surface area contributed by atoms with E-state index in [0.717, 1.165) is 0 Å². The lowest BCUT2D eigenvalue weighted by molar-refractivity contribution is -0.134.